The van der Waals surface area contributed by atoms with Crippen LogP contribution >= 0.6 is 0 Å². The number of rotatable bonds is 19. The Morgan fingerprint density at radius 3 is 2.37 bits per heavy atom. The van der Waals surface area contributed by atoms with E-state index in [1.807, 2.05) is 76.4 Å². The molecule has 0 aliphatic rings. The molecule has 2 amide bonds. The molecule has 0 aliphatic carbocycles. The van der Waals surface area contributed by atoms with E-state index in [0.717, 1.165) is 22.9 Å². The zero-order valence-electron chi connectivity index (χ0n) is 27.7. The maximum absolute atomic E-state index is 13.9. The Hall–Kier alpha value is -3.93. The summed E-state index contributed by atoms with van der Waals surface area (Å²) in [5.74, 6) is -0.851. The highest BCUT2D eigenvalue weighted by atomic mass is 17.2. The zero-order valence-corrected chi connectivity index (χ0v) is 27.7. The fraction of sp³-hybridized carbons (Fsp3) is 0.514. The third kappa shape index (κ3) is 12.8. The lowest BCUT2D eigenvalue weighted by Gasteiger charge is -2.27. The number of para-hydroxylation sites is 1. The predicted octanol–water partition coefficient (Wildman–Crippen LogP) is 4.99. The van der Waals surface area contributed by atoms with Gasteiger partial charge in [0, 0.05) is 36.1 Å². The van der Waals surface area contributed by atoms with E-state index in [-0.39, 0.29) is 25.0 Å². The second kappa shape index (κ2) is 18.9. The topological polar surface area (TPSA) is 140 Å². The lowest BCUT2D eigenvalue weighted by atomic mass is 10.0. The summed E-state index contributed by atoms with van der Waals surface area (Å²) in [5.41, 5.74) is 2.43. The van der Waals surface area contributed by atoms with Gasteiger partial charge < -0.3 is 30.4 Å². The Morgan fingerprint density at radius 2 is 1.65 bits per heavy atom. The van der Waals surface area contributed by atoms with Gasteiger partial charge in [0.05, 0.1) is 26.4 Å². The van der Waals surface area contributed by atoms with E-state index in [0.29, 0.717) is 38.8 Å². The quantitative estimate of drug-likeness (QED) is 0.0623. The first-order valence-corrected chi connectivity index (χ1v) is 16.0. The van der Waals surface area contributed by atoms with Crippen LogP contribution in [0.2, 0.25) is 0 Å². The third-order valence-electron chi connectivity index (χ3n) is 7.34. The average Bonchev–Trinajstić information content (AvgIpc) is 3.44. The molecule has 3 atom stereocenters. The maximum atomic E-state index is 13.9. The first-order valence-electron chi connectivity index (χ1n) is 16.0. The summed E-state index contributed by atoms with van der Waals surface area (Å²) in [5, 5.41) is 10.2. The summed E-state index contributed by atoms with van der Waals surface area (Å²) in [6.07, 6.45) is 4.82. The van der Waals surface area contributed by atoms with Gasteiger partial charge in [-0.1, -0.05) is 48.5 Å². The predicted molar refractivity (Wildman–Crippen MR) is 177 cm³/mol. The fourth-order valence-corrected chi connectivity index (χ4v) is 5.09. The minimum absolute atomic E-state index is 0.215. The molecule has 1 heterocycles. The number of unbranched alkanes of at least 4 members (excludes halogenated alkanes) is 1. The monoisotopic (exact) mass is 638 g/mol. The van der Waals surface area contributed by atoms with E-state index in [9.17, 15) is 14.4 Å². The molecule has 0 fully saturated rings. The number of amides is 2. The second-order valence-electron chi connectivity index (χ2n) is 12.2. The molecule has 0 aliphatic heterocycles. The van der Waals surface area contributed by atoms with Crippen LogP contribution in [0.15, 0.2) is 60.8 Å². The van der Waals surface area contributed by atoms with Gasteiger partial charge in [0.25, 0.3) is 0 Å². The van der Waals surface area contributed by atoms with E-state index < -0.39 is 29.7 Å². The fourth-order valence-electron chi connectivity index (χ4n) is 5.09. The Labute approximate surface area is 272 Å². The number of benzene rings is 2. The number of hydrogen-bond acceptors (Lipinski definition) is 8. The molecule has 0 saturated heterocycles. The number of esters is 1. The molecule has 0 spiro atoms. The van der Waals surface area contributed by atoms with Crippen molar-refractivity contribution < 1.29 is 33.6 Å². The largest absolute Gasteiger partial charge is 0.467 e. The Bertz CT molecular complexity index is 1360. The number of carbonyl (C=O) groups excluding carboxylic acids is 3. The molecule has 252 valence electrons. The number of carbonyl (C=O) groups is 3. The van der Waals surface area contributed by atoms with Crippen LogP contribution in [0.1, 0.15) is 64.5 Å². The highest BCUT2D eigenvalue weighted by molar-refractivity contribution is 5.89. The zero-order chi connectivity index (χ0) is 33.4. The molecular weight excluding hydrogens is 588 g/mol. The van der Waals surface area contributed by atoms with Gasteiger partial charge in [0.2, 0.25) is 5.91 Å². The van der Waals surface area contributed by atoms with Crippen LogP contribution in [0, 0.1) is 0 Å². The summed E-state index contributed by atoms with van der Waals surface area (Å²) < 4.78 is 10.4. The molecular formula is C35H50N4O7. The van der Waals surface area contributed by atoms with E-state index in [4.69, 9.17) is 19.2 Å². The number of alkyl carbamates (subject to hydrolysis) is 1. The van der Waals surface area contributed by atoms with Crippen molar-refractivity contribution in [3.8, 4) is 0 Å². The first-order chi connectivity index (χ1) is 22.1. The molecule has 0 radical (unpaired) electrons. The normalized spacial score (nSPS) is 13.5. The van der Waals surface area contributed by atoms with Crippen molar-refractivity contribution in [3.63, 3.8) is 0 Å². The Balaban J connectivity index is 1.72. The number of H-pyrrole nitrogens is 1. The number of hydrogen-bond donors (Lipinski definition) is 4. The molecule has 1 unspecified atom stereocenters. The van der Waals surface area contributed by atoms with Crippen LogP contribution in [0.3, 0.4) is 0 Å². The first kappa shape index (κ1) is 36.5. The lowest BCUT2D eigenvalue weighted by molar-refractivity contribution is -0.294. The van der Waals surface area contributed by atoms with Gasteiger partial charge in [-0.2, -0.15) is 0 Å². The molecule has 3 rings (SSSR count). The maximum Gasteiger partial charge on any atom is 0.407 e. The molecule has 11 nitrogen and oxygen atoms in total. The van der Waals surface area contributed by atoms with Crippen LogP contribution in [-0.2, 0) is 41.7 Å². The van der Waals surface area contributed by atoms with E-state index >= 15 is 0 Å². The van der Waals surface area contributed by atoms with Gasteiger partial charge in [-0.05, 0) is 77.0 Å². The number of nitrogens with one attached hydrogen (secondary N) is 4. The summed E-state index contributed by atoms with van der Waals surface area (Å²) in [7, 11) is 1.31. The van der Waals surface area contributed by atoms with Gasteiger partial charge in [-0.15, -0.1) is 0 Å². The summed E-state index contributed by atoms with van der Waals surface area (Å²) in [6.45, 7) is 8.31. The standard InChI is InChI=1S/C35H50N4O7/c1-6-44-45-24-27(20-19-25-14-8-7-9-15-25)38-30(18-12-13-21-36-34(42)46-35(2,3)4)32(40)39-31(33(41)43-5)22-26-23-37-29-17-11-10-16-28(26)29/h7-11,14-17,23,27,30-31,37-38H,6,12-13,18-22,24H2,1-5H3,(H,36,42)(H,39,40)/t27?,30-,31-/m0/s1. The second-order valence-corrected chi connectivity index (χ2v) is 12.2. The van der Waals surface area contributed by atoms with Crippen molar-refractivity contribution in [1.29, 1.82) is 0 Å². The van der Waals surface area contributed by atoms with E-state index in [1.54, 1.807) is 0 Å². The molecule has 46 heavy (non-hydrogen) atoms. The van der Waals surface area contributed by atoms with Crippen LogP contribution < -0.4 is 16.0 Å². The van der Waals surface area contributed by atoms with Crippen molar-refractivity contribution in [1.82, 2.24) is 20.9 Å². The number of fused-ring (bicyclic) bond motifs is 1. The van der Waals surface area contributed by atoms with Gasteiger partial charge in [0.1, 0.15) is 11.6 Å². The summed E-state index contributed by atoms with van der Waals surface area (Å²) in [4.78, 5) is 52.7. The van der Waals surface area contributed by atoms with Crippen molar-refractivity contribution >= 4 is 28.9 Å². The van der Waals surface area contributed by atoms with Crippen LogP contribution in [0.25, 0.3) is 10.9 Å². The molecule has 4 N–H and O–H groups in total. The van der Waals surface area contributed by atoms with Gasteiger partial charge in [-0.25, -0.2) is 19.4 Å². The van der Waals surface area contributed by atoms with Crippen LogP contribution in [0.4, 0.5) is 4.79 Å². The number of aromatic amines is 1. The van der Waals surface area contributed by atoms with Gasteiger partial charge >= 0.3 is 12.1 Å². The highest BCUT2D eigenvalue weighted by Gasteiger charge is 2.29. The van der Waals surface area contributed by atoms with Crippen molar-refractivity contribution in [2.45, 2.75) is 89.9 Å². The van der Waals surface area contributed by atoms with E-state index in [1.165, 1.54) is 12.7 Å². The van der Waals surface area contributed by atoms with Gasteiger partial charge in [0.15, 0.2) is 0 Å². The highest BCUT2D eigenvalue weighted by Crippen LogP contribution is 2.20. The molecule has 11 heteroatoms. The van der Waals surface area contributed by atoms with E-state index in [2.05, 4.69) is 33.1 Å². The van der Waals surface area contributed by atoms with Crippen molar-refractivity contribution in [2.75, 3.05) is 26.9 Å². The molecule has 0 saturated carbocycles. The summed E-state index contributed by atoms with van der Waals surface area (Å²) >= 11 is 0. The summed E-state index contributed by atoms with van der Waals surface area (Å²) in [6, 6.07) is 16.1. The average molecular weight is 639 g/mol. The molecule has 3 aromatic rings. The van der Waals surface area contributed by atoms with Crippen LogP contribution in [0.5, 0.6) is 0 Å². The SMILES string of the molecule is CCOOCC(CCc1ccccc1)N[C@@H](CCCCNC(=O)OC(C)(C)C)C(=O)N[C@@H](Cc1c[nH]c2ccccc12)C(=O)OC. The minimum atomic E-state index is -0.891. The smallest absolute Gasteiger partial charge is 0.407 e. The Kier molecular flexibility index (Phi) is 15.0. The number of methoxy groups -OCH3 is 1. The third-order valence-corrected chi connectivity index (χ3v) is 7.34. The minimum Gasteiger partial charge on any atom is -0.467 e. The molecule has 1 aromatic heterocycles. The Morgan fingerprint density at radius 1 is 0.913 bits per heavy atom. The number of aromatic nitrogens is 1. The van der Waals surface area contributed by atoms with Gasteiger partial charge in [-0.3, -0.25) is 4.79 Å². The number of aryl methyl sites for hydroxylation is 1. The molecule has 0 bridgehead atoms. The molecule has 2 aromatic carbocycles. The van der Waals surface area contributed by atoms with Crippen molar-refractivity contribution in [3.05, 3.63) is 71.9 Å². The van der Waals surface area contributed by atoms with Crippen molar-refractivity contribution in [2.24, 2.45) is 0 Å². The number of ether oxygens (including phenoxy) is 2. The van der Waals surface area contributed by atoms with Crippen LogP contribution in [-0.4, -0.2) is 73.5 Å². The lowest BCUT2D eigenvalue weighted by Crippen LogP contribution is -2.54.